The van der Waals surface area contributed by atoms with Crippen molar-refractivity contribution in [3.63, 3.8) is 0 Å². The minimum absolute atomic E-state index is 0.0353. The topological polar surface area (TPSA) is 154 Å². The zero-order valence-corrected chi connectivity index (χ0v) is 18.4. The van der Waals surface area contributed by atoms with Gasteiger partial charge in [-0.15, -0.1) is 9.83 Å². The Kier molecular flexibility index (Phi) is 5.91. The zero-order valence-electron chi connectivity index (χ0n) is 16.9. The number of aromatic amines is 1. The first kappa shape index (κ1) is 23.4. The first-order valence-electron chi connectivity index (χ1n) is 9.52. The van der Waals surface area contributed by atoms with Gasteiger partial charge in [0.1, 0.15) is 5.56 Å². The molecule has 1 fully saturated rings. The number of hydrogen-bond acceptors (Lipinski definition) is 7. The van der Waals surface area contributed by atoms with Crippen LogP contribution in [0.2, 0.25) is 10.0 Å². The number of rotatable bonds is 5. The van der Waals surface area contributed by atoms with Crippen molar-refractivity contribution >= 4 is 34.9 Å². The van der Waals surface area contributed by atoms with E-state index in [1.807, 2.05) is 4.98 Å². The summed E-state index contributed by atoms with van der Waals surface area (Å²) < 4.78 is 27.4. The van der Waals surface area contributed by atoms with Crippen LogP contribution >= 0.6 is 23.2 Å². The second kappa shape index (κ2) is 8.57. The van der Waals surface area contributed by atoms with E-state index in [4.69, 9.17) is 33.8 Å². The molecule has 0 unspecified atom stereocenters. The maximum Gasteiger partial charge on any atom is 0.349 e. The summed E-state index contributed by atoms with van der Waals surface area (Å²) in [5.74, 6) is -4.34. The van der Waals surface area contributed by atoms with E-state index >= 15 is 0 Å². The summed E-state index contributed by atoms with van der Waals surface area (Å²) >= 11 is 12.4. The number of H-pyrrole nitrogens is 1. The predicted molar refractivity (Wildman–Crippen MR) is 117 cm³/mol. The first-order valence-corrected chi connectivity index (χ1v) is 10.3. The fourth-order valence-corrected chi connectivity index (χ4v) is 3.73. The van der Waals surface area contributed by atoms with Gasteiger partial charge in [0.15, 0.2) is 5.75 Å². The normalized spacial score (nSPS) is 14.9. The average Bonchev–Trinajstić information content (AvgIpc) is 2.72. The van der Waals surface area contributed by atoms with Crippen molar-refractivity contribution in [2.45, 2.75) is 24.8 Å². The van der Waals surface area contributed by atoms with Crippen LogP contribution in [-0.4, -0.2) is 37.4 Å². The quantitative estimate of drug-likeness (QED) is 0.464. The predicted octanol–water partition coefficient (Wildman–Crippen LogP) is 1.34. The number of aromatic nitrogens is 4. The summed E-state index contributed by atoms with van der Waals surface area (Å²) in [4.78, 5) is 55.9. The van der Waals surface area contributed by atoms with Crippen LogP contribution in [0.25, 0.3) is 5.69 Å². The second-order valence-corrected chi connectivity index (χ2v) is 8.19. The molecule has 4 N–H and O–H groups in total. The highest BCUT2D eigenvalue weighted by atomic mass is 35.5. The lowest BCUT2D eigenvalue weighted by atomic mass is 9.88. The highest BCUT2D eigenvalue weighted by Gasteiger charge is 2.46. The van der Waals surface area contributed by atoms with Crippen LogP contribution in [0.3, 0.4) is 0 Å². The molecule has 0 spiro atoms. The molecule has 178 valence electrons. The standard InChI is InChI=1S/C19H14Cl2F2N6O5/c20-11-4-9(29-18(33)26-16(31)14(24)27-29)5-12(21)13(11)34-28-3-1-2-10(17(28)32)15(30)25-8-6-19(22,23)7-8/h1-5,8H,6-7H2,(H2,24,27)(H,25,30)(H,26,31,33). The van der Waals surface area contributed by atoms with Gasteiger partial charge in [0.25, 0.3) is 22.9 Å². The molecule has 0 saturated heterocycles. The lowest BCUT2D eigenvalue weighted by molar-refractivity contribution is -0.0901. The van der Waals surface area contributed by atoms with E-state index in [-0.39, 0.29) is 27.0 Å². The highest BCUT2D eigenvalue weighted by Crippen LogP contribution is 2.37. The lowest BCUT2D eigenvalue weighted by Crippen LogP contribution is -2.51. The number of nitrogens with two attached hydrogens (primary N) is 1. The molecule has 1 amide bonds. The number of alkyl halides is 2. The van der Waals surface area contributed by atoms with Crippen LogP contribution in [0.1, 0.15) is 23.2 Å². The molecule has 2 heterocycles. The van der Waals surface area contributed by atoms with Gasteiger partial charge in [-0.3, -0.25) is 19.4 Å². The number of benzene rings is 1. The van der Waals surface area contributed by atoms with Crippen LogP contribution in [0.15, 0.2) is 44.8 Å². The molecule has 15 heteroatoms. The molecule has 3 aromatic rings. The number of pyridine rings is 1. The van der Waals surface area contributed by atoms with Crippen molar-refractivity contribution in [2.75, 3.05) is 5.73 Å². The number of nitrogen functional groups attached to an aromatic ring is 1. The summed E-state index contributed by atoms with van der Waals surface area (Å²) in [7, 11) is 0. The van der Waals surface area contributed by atoms with E-state index in [2.05, 4.69) is 10.4 Å². The largest absolute Gasteiger partial charge is 0.378 e. The van der Waals surface area contributed by atoms with Gasteiger partial charge in [-0.25, -0.2) is 13.6 Å². The van der Waals surface area contributed by atoms with Gasteiger partial charge < -0.3 is 15.9 Å². The Hall–Kier alpha value is -3.71. The maximum absolute atomic E-state index is 13.0. The van der Waals surface area contributed by atoms with Crippen LogP contribution in [0.4, 0.5) is 14.6 Å². The van der Waals surface area contributed by atoms with Crippen molar-refractivity contribution in [3.05, 3.63) is 77.3 Å². The molecular formula is C19H14Cl2F2N6O5. The molecule has 0 bridgehead atoms. The van der Waals surface area contributed by atoms with E-state index in [9.17, 15) is 28.0 Å². The summed E-state index contributed by atoms with van der Waals surface area (Å²) in [6.45, 7) is 0. The smallest absolute Gasteiger partial charge is 0.349 e. The zero-order chi connectivity index (χ0) is 24.8. The third-order valence-electron chi connectivity index (χ3n) is 4.86. The molecule has 2 aromatic heterocycles. The fraction of sp³-hybridized carbons (Fsp3) is 0.211. The van der Waals surface area contributed by atoms with E-state index < -0.39 is 53.3 Å². The number of hydrogen-bond donors (Lipinski definition) is 3. The summed E-state index contributed by atoms with van der Waals surface area (Å²) in [6, 6.07) is 4.22. The number of nitrogens with zero attached hydrogens (tertiary/aromatic N) is 3. The maximum atomic E-state index is 13.0. The van der Waals surface area contributed by atoms with Crippen LogP contribution in [-0.2, 0) is 0 Å². The number of carbonyl (C=O) groups is 1. The van der Waals surface area contributed by atoms with Crippen LogP contribution in [0.5, 0.6) is 5.75 Å². The molecule has 11 nitrogen and oxygen atoms in total. The van der Waals surface area contributed by atoms with Crippen molar-refractivity contribution in [3.8, 4) is 11.4 Å². The number of anilines is 1. The van der Waals surface area contributed by atoms with Crippen molar-refractivity contribution < 1.29 is 18.4 Å². The fourth-order valence-electron chi connectivity index (χ4n) is 3.19. The molecule has 0 radical (unpaired) electrons. The average molecular weight is 515 g/mol. The molecule has 1 aliphatic carbocycles. The van der Waals surface area contributed by atoms with Gasteiger partial charge in [0, 0.05) is 25.1 Å². The summed E-state index contributed by atoms with van der Waals surface area (Å²) in [5.41, 5.74) is 2.46. The van der Waals surface area contributed by atoms with Gasteiger partial charge in [-0.05, 0) is 24.3 Å². The van der Waals surface area contributed by atoms with Gasteiger partial charge in [-0.1, -0.05) is 23.2 Å². The number of nitrogens with one attached hydrogen (secondary N) is 2. The van der Waals surface area contributed by atoms with E-state index in [1.54, 1.807) is 0 Å². The molecule has 1 saturated carbocycles. The Bertz CT molecular complexity index is 1450. The molecule has 0 aliphatic heterocycles. The Morgan fingerprint density at radius 2 is 1.88 bits per heavy atom. The molecule has 34 heavy (non-hydrogen) atoms. The molecule has 4 rings (SSSR count). The number of amides is 1. The molecule has 1 aliphatic rings. The van der Waals surface area contributed by atoms with Crippen LogP contribution in [0, 0.1) is 0 Å². The summed E-state index contributed by atoms with van der Waals surface area (Å²) in [6.07, 6.45) is 0.172. The number of halogens is 4. The Morgan fingerprint density at radius 1 is 1.24 bits per heavy atom. The highest BCUT2D eigenvalue weighted by molar-refractivity contribution is 6.37. The number of carbonyl (C=O) groups excluding carboxylic acids is 1. The monoisotopic (exact) mass is 514 g/mol. The van der Waals surface area contributed by atoms with E-state index in [0.29, 0.717) is 4.73 Å². The third-order valence-corrected chi connectivity index (χ3v) is 5.42. The minimum atomic E-state index is -2.83. The van der Waals surface area contributed by atoms with Crippen molar-refractivity contribution in [1.29, 1.82) is 0 Å². The lowest BCUT2D eigenvalue weighted by Gasteiger charge is -2.35. The Balaban J connectivity index is 1.61. The molecule has 0 atom stereocenters. The third kappa shape index (κ3) is 4.52. The van der Waals surface area contributed by atoms with E-state index in [0.717, 1.165) is 4.68 Å². The Labute approximate surface area is 197 Å². The van der Waals surface area contributed by atoms with Gasteiger partial charge in [0.05, 0.1) is 15.7 Å². The first-order chi connectivity index (χ1) is 15.9. The Morgan fingerprint density at radius 3 is 2.50 bits per heavy atom. The van der Waals surface area contributed by atoms with Gasteiger partial charge >= 0.3 is 5.69 Å². The van der Waals surface area contributed by atoms with Gasteiger partial charge in [0.2, 0.25) is 5.82 Å². The summed E-state index contributed by atoms with van der Waals surface area (Å²) in [5, 5.41) is 5.72. The second-order valence-electron chi connectivity index (χ2n) is 7.37. The minimum Gasteiger partial charge on any atom is -0.378 e. The SMILES string of the molecule is Nc1nn(-c2cc(Cl)c(On3cccc(C(=O)NC4CC(F)(F)C4)c3=O)c(Cl)c2)c(=O)[nH]c1=O. The van der Waals surface area contributed by atoms with E-state index in [1.165, 1.54) is 30.5 Å². The molecule has 1 aromatic carbocycles. The van der Waals surface area contributed by atoms with Crippen LogP contribution < -0.4 is 32.7 Å². The van der Waals surface area contributed by atoms with Crippen molar-refractivity contribution in [1.82, 2.24) is 24.8 Å². The molecular weight excluding hydrogens is 501 g/mol. The van der Waals surface area contributed by atoms with Crippen molar-refractivity contribution in [2.24, 2.45) is 0 Å². The van der Waals surface area contributed by atoms with Gasteiger partial charge in [-0.2, -0.15) is 4.68 Å².